The van der Waals surface area contributed by atoms with Crippen molar-refractivity contribution in [1.82, 2.24) is 0 Å². The van der Waals surface area contributed by atoms with Gasteiger partial charge < -0.3 is 9.84 Å². The van der Waals surface area contributed by atoms with E-state index in [-0.39, 0.29) is 0 Å². The first-order valence-electron chi connectivity index (χ1n) is 4.66. The second-order valence-electron chi connectivity index (χ2n) is 3.38. The van der Waals surface area contributed by atoms with Gasteiger partial charge in [0.05, 0.1) is 13.0 Å². The zero-order chi connectivity index (χ0) is 12.3. The lowest BCUT2D eigenvalue weighted by molar-refractivity contribution is -0.138. The third-order valence-electron chi connectivity index (χ3n) is 2.38. The Labute approximate surface area is 111 Å². The fourth-order valence-corrected chi connectivity index (χ4v) is 2.70. The third-order valence-corrected chi connectivity index (χ3v) is 3.72. The summed E-state index contributed by atoms with van der Waals surface area (Å²) >= 11 is 6.77. The summed E-state index contributed by atoms with van der Waals surface area (Å²) in [4.78, 5) is 11.0. The van der Waals surface area contributed by atoms with E-state index in [1.165, 1.54) is 0 Å². The molecule has 1 unspecified atom stereocenters. The highest BCUT2D eigenvalue weighted by Gasteiger charge is 2.19. The number of aliphatic carboxylic acids is 1. The van der Waals surface area contributed by atoms with Crippen LogP contribution in [0.5, 0.6) is 5.75 Å². The minimum atomic E-state index is -0.864. The molecule has 1 aromatic carbocycles. The number of halogens is 2. The molecule has 5 heteroatoms. The molecule has 0 aliphatic rings. The van der Waals surface area contributed by atoms with Gasteiger partial charge in [-0.15, -0.1) is 0 Å². The number of carbonyl (C=O) groups is 1. The molecule has 16 heavy (non-hydrogen) atoms. The lowest BCUT2D eigenvalue weighted by Gasteiger charge is -2.14. The van der Waals surface area contributed by atoms with Crippen LogP contribution in [0.15, 0.2) is 16.6 Å². The van der Waals surface area contributed by atoms with Gasteiger partial charge in [0.25, 0.3) is 0 Å². The van der Waals surface area contributed by atoms with Gasteiger partial charge in [0.2, 0.25) is 0 Å². The first-order valence-corrected chi connectivity index (χ1v) is 6.57. The largest absolute Gasteiger partial charge is 0.496 e. The Morgan fingerprint density at radius 1 is 1.56 bits per heavy atom. The molecule has 1 aromatic rings. The van der Waals surface area contributed by atoms with Crippen molar-refractivity contribution in [2.45, 2.75) is 18.2 Å². The molecule has 0 heterocycles. The highest BCUT2D eigenvalue weighted by atomic mass is 79.9. The van der Waals surface area contributed by atoms with Gasteiger partial charge in [-0.1, -0.05) is 31.9 Å². The fourth-order valence-electron chi connectivity index (χ4n) is 1.36. The topological polar surface area (TPSA) is 46.5 Å². The van der Waals surface area contributed by atoms with Crippen LogP contribution >= 0.6 is 31.9 Å². The maximum Gasteiger partial charge on any atom is 0.310 e. The van der Waals surface area contributed by atoms with Crippen LogP contribution in [0.25, 0.3) is 0 Å². The van der Waals surface area contributed by atoms with Crippen LogP contribution in [-0.2, 0) is 10.1 Å². The minimum absolute atomic E-state index is 0.587. The van der Waals surface area contributed by atoms with E-state index in [4.69, 9.17) is 9.84 Å². The average Bonchev–Trinajstić information content (AvgIpc) is 2.27. The van der Waals surface area contributed by atoms with Crippen molar-refractivity contribution in [1.29, 1.82) is 0 Å². The van der Waals surface area contributed by atoms with Gasteiger partial charge in [0, 0.05) is 15.4 Å². The Hall–Kier alpha value is -0.550. The van der Waals surface area contributed by atoms with E-state index < -0.39 is 11.9 Å². The predicted octanol–water partition coefficient (Wildman–Crippen LogP) is 3.54. The number of alkyl halides is 1. The lowest BCUT2D eigenvalue weighted by Crippen LogP contribution is -2.09. The molecule has 0 saturated heterocycles. The number of rotatable bonds is 4. The van der Waals surface area contributed by atoms with Crippen LogP contribution in [0.3, 0.4) is 0 Å². The van der Waals surface area contributed by atoms with Gasteiger partial charge in [0.15, 0.2) is 0 Å². The summed E-state index contributed by atoms with van der Waals surface area (Å²) in [6.45, 7) is 1.64. The van der Waals surface area contributed by atoms with Crippen molar-refractivity contribution < 1.29 is 14.6 Å². The van der Waals surface area contributed by atoms with E-state index in [0.29, 0.717) is 16.6 Å². The van der Waals surface area contributed by atoms with Crippen LogP contribution in [0.1, 0.15) is 24.0 Å². The van der Waals surface area contributed by atoms with E-state index in [1.807, 2.05) is 6.07 Å². The molecule has 0 radical (unpaired) electrons. The molecule has 1 atom stereocenters. The maximum atomic E-state index is 11.0. The molecule has 3 nitrogen and oxygen atoms in total. The van der Waals surface area contributed by atoms with Crippen LogP contribution in [0.4, 0.5) is 0 Å². The second kappa shape index (κ2) is 5.68. The van der Waals surface area contributed by atoms with Gasteiger partial charge >= 0.3 is 5.97 Å². The van der Waals surface area contributed by atoms with E-state index in [9.17, 15) is 4.79 Å². The fraction of sp³-hybridized carbons (Fsp3) is 0.364. The monoisotopic (exact) mass is 350 g/mol. The Morgan fingerprint density at radius 2 is 2.19 bits per heavy atom. The molecule has 0 bridgehead atoms. The summed E-state index contributed by atoms with van der Waals surface area (Å²) < 4.78 is 6.09. The second-order valence-corrected chi connectivity index (χ2v) is 4.79. The Balaban J connectivity index is 3.28. The van der Waals surface area contributed by atoms with Gasteiger partial charge in [-0.3, -0.25) is 4.79 Å². The number of carboxylic acid groups (broad SMARTS) is 1. The average molecular weight is 352 g/mol. The molecule has 0 saturated carbocycles. The number of ether oxygens (including phenoxy) is 1. The molecule has 1 rings (SSSR count). The Kier molecular flexibility index (Phi) is 4.80. The molecular formula is C11H12Br2O3. The predicted molar refractivity (Wildman–Crippen MR) is 69.4 cm³/mol. The summed E-state index contributed by atoms with van der Waals surface area (Å²) in [7, 11) is 1.54. The SMILES string of the molecule is COc1cc(CBr)c(Br)cc1C(C)C(=O)O. The van der Waals surface area contributed by atoms with E-state index in [2.05, 4.69) is 31.9 Å². The molecule has 88 valence electrons. The summed E-state index contributed by atoms with van der Waals surface area (Å²) in [5, 5.41) is 9.68. The van der Waals surface area contributed by atoms with Crippen LogP contribution in [0, 0.1) is 0 Å². The lowest BCUT2D eigenvalue weighted by atomic mass is 9.99. The summed E-state index contributed by atoms with van der Waals surface area (Å²) in [5.41, 5.74) is 1.70. The number of hydrogen-bond acceptors (Lipinski definition) is 2. The van der Waals surface area contributed by atoms with Gasteiger partial charge in [-0.05, 0) is 24.6 Å². The summed E-state index contributed by atoms with van der Waals surface area (Å²) in [6.07, 6.45) is 0. The molecule has 1 N–H and O–H groups in total. The van der Waals surface area contributed by atoms with E-state index >= 15 is 0 Å². The van der Waals surface area contributed by atoms with Crippen LogP contribution in [-0.4, -0.2) is 18.2 Å². The van der Waals surface area contributed by atoms with Crippen molar-refractivity contribution in [2.75, 3.05) is 7.11 Å². The van der Waals surface area contributed by atoms with Crippen molar-refractivity contribution >= 4 is 37.8 Å². The zero-order valence-electron chi connectivity index (χ0n) is 8.96. The highest BCUT2D eigenvalue weighted by molar-refractivity contribution is 9.10. The zero-order valence-corrected chi connectivity index (χ0v) is 12.1. The normalized spacial score (nSPS) is 12.2. The minimum Gasteiger partial charge on any atom is -0.496 e. The molecule has 0 spiro atoms. The first kappa shape index (κ1) is 13.5. The summed E-state index contributed by atoms with van der Waals surface area (Å²) in [6, 6.07) is 3.64. The molecule has 0 aliphatic carbocycles. The number of methoxy groups -OCH3 is 1. The van der Waals surface area contributed by atoms with E-state index in [1.54, 1.807) is 20.1 Å². The summed E-state index contributed by atoms with van der Waals surface area (Å²) in [5.74, 6) is -0.847. The van der Waals surface area contributed by atoms with Gasteiger partial charge in [-0.25, -0.2) is 0 Å². The molecular weight excluding hydrogens is 340 g/mol. The quantitative estimate of drug-likeness (QED) is 0.844. The molecule has 0 aromatic heterocycles. The Bertz CT molecular complexity index is 404. The van der Waals surface area contributed by atoms with E-state index in [0.717, 1.165) is 10.0 Å². The number of benzene rings is 1. The molecule has 0 amide bonds. The van der Waals surface area contributed by atoms with Crippen molar-refractivity contribution in [2.24, 2.45) is 0 Å². The Morgan fingerprint density at radius 3 is 2.62 bits per heavy atom. The van der Waals surface area contributed by atoms with Gasteiger partial charge in [0.1, 0.15) is 5.75 Å². The maximum absolute atomic E-state index is 11.0. The highest BCUT2D eigenvalue weighted by Crippen LogP contribution is 2.33. The standard InChI is InChI=1S/C11H12Br2O3/c1-6(11(14)15)8-4-9(13)7(5-12)3-10(8)16-2/h3-4,6H,5H2,1-2H3,(H,14,15). The smallest absolute Gasteiger partial charge is 0.310 e. The number of carboxylic acids is 1. The van der Waals surface area contributed by atoms with Gasteiger partial charge in [-0.2, -0.15) is 0 Å². The van der Waals surface area contributed by atoms with Crippen LogP contribution in [0.2, 0.25) is 0 Å². The van der Waals surface area contributed by atoms with Crippen molar-refractivity contribution in [3.63, 3.8) is 0 Å². The third kappa shape index (κ3) is 2.77. The first-order chi connectivity index (χ1) is 7.51. The van der Waals surface area contributed by atoms with Crippen LogP contribution < -0.4 is 4.74 Å². The van der Waals surface area contributed by atoms with Crippen molar-refractivity contribution in [3.8, 4) is 5.75 Å². The van der Waals surface area contributed by atoms with Crippen molar-refractivity contribution in [3.05, 3.63) is 27.7 Å². The molecule has 0 fully saturated rings. The number of hydrogen-bond donors (Lipinski definition) is 1. The molecule has 0 aliphatic heterocycles.